The number of nitrogens with zero attached hydrogens (tertiary/aromatic N) is 1. The number of rotatable bonds is 8. The maximum Gasteiger partial charge on any atom is 1.00 e. The second-order valence-corrected chi connectivity index (χ2v) is 9.90. The molecule has 0 radical (unpaired) electrons. The number of hydrogen-bond acceptors (Lipinski definition) is 16. The first-order chi connectivity index (χ1) is 18.5. The number of aliphatic carboxylic acids is 1. The zero-order valence-electron chi connectivity index (χ0n) is 22.4. The van der Waals surface area contributed by atoms with Crippen LogP contribution in [0.4, 0.5) is 0 Å². The third-order valence-electron chi connectivity index (χ3n) is 6.82. The zero-order chi connectivity index (χ0) is 30.2. The van der Waals surface area contributed by atoms with Crippen LogP contribution in [0.15, 0.2) is 4.99 Å². The van der Waals surface area contributed by atoms with Crippen molar-refractivity contribution >= 4 is 23.7 Å². The summed E-state index contributed by atoms with van der Waals surface area (Å²) < 4.78 is 21.6. The van der Waals surface area contributed by atoms with Crippen molar-refractivity contribution in [3.05, 3.63) is 0 Å². The van der Waals surface area contributed by atoms with E-state index in [1.807, 2.05) is 0 Å². The molecule has 0 aromatic carbocycles. The number of carbonyl (C=O) groups excluding carboxylic acids is 2. The van der Waals surface area contributed by atoms with Crippen LogP contribution in [-0.4, -0.2) is 150 Å². The van der Waals surface area contributed by atoms with E-state index in [1.54, 1.807) is 0 Å². The molecule has 3 aliphatic heterocycles. The number of nitrogens with one attached hydrogen (secondary N) is 1. The normalized spacial score (nSPS) is 40.1. The Kier molecular flexibility index (Phi) is 12.0. The van der Waals surface area contributed by atoms with Crippen molar-refractivity contribution in [2.75, 3.05) is 13.2 Å². The molecule has 9 N–H and O–H groups in total. The molecule has 0 aromatic heterocycles. The number of carboxylic acid groups (broad SMARTS) is 1. The third kappa shape index (κ3) is 7.53. The van der Waals surface area contributed by atoms with Crippen molar-refractivity contribution in [3.8, 4) is 0 Å². The number of esters is 1. The van der Waals surface area contributed by atoms with Gasteiger partial charge in [-0.05, 0) is 12.8 Å². The van der Waals surface area contributed by atoms with Gasteiger partial charge in [0.2, 0.25) is 5.91 Å². The Morgan fingerprint density at radius 2 is 1.73 bits per heavy atom. The summed E-state index contributed by atoms with van der Waals surface area (Å²) in [6.45, 7) is 0.396. The minimum absolute atomic E-state index is 0. The maximum absolute atomic E-state index is 12.9. The van der Waals surface area contributed by atoms with Gasteiger partial charge < -0.3 is 70.2 Å². The fourth-order valence-electron chi connectivity index (χ4n) is 4.91. The molecule has 41 heavy (non-hydrogen) atoms. The van der Waals surface area contributed by atoms with Crippen molar-refractivity contribution in [1.82, 2.24) is 5.32 Å². The molecule has 0 unspecified atom stereocenters. The Balaban J connectivity index is 0.00000588. The quantitative estimate of drug-likeness (QED) is 0.0538. The van der Waals surface area contributed by atoms with Gasteiger partial charge in [0.1, 0.15) is 49.3 Å². The van der Waals surface area contributed by atoms with E-state index in [0.717, 1.165) is 13.8 Å². The van der Waals surface area contributed by atoms with Gasteiger partial charge in [-0.15, -0.1) is 0 Å². The molecular formula is C22H33N2NaO16. The van der Waals surface area contributed by atoms with Crippen LogP contribution in [0.3, 0.4) is 0 Å². The number of amides is 1. The number of aliphatic imine (C=N–C) groups is 1. The minimum atomic E-state index is -3.00. The van der Waals surface area contributed by atoms with Crippen LogP contribution in [0, 0.1) is 0 Å². The van der Waals surface area contributed by atoms with Crippen LogP contribution < -0.4 is 40.0 Å². The van der Waals surface area contributed by atoms with Gasteiger partial charge >= 0.3 is 41.5 Å². The summed E-state index contributed by atoms with van der Waals surface area (Å²) in [4.78, 5) is 39.8. The molecular weight excluding hydrogens is 571 g/mol. The minimum Gasteiger partial charge on any atom is -0.862 e. The molecule has 1 spiro atoms. The average Bonchev–Trinajstić information content (AvgIpc) is 2.87. The smallest absolute Gasteiger partial charge is 0.862 e. The molecule has 0 aliphatic carbocycles. The van der Waals surface area contributed by atoms with E-state index in [9.17, 15) is 60.3 Å². The topological polar surface area (TPSA) is 297 Å². The SMILES string of the molecule is CC(=O)N[C@H]1[C@H]([C@H](O)[C@H](O)CO)O[C@@]2(C[C@@H]1O)O[C@@H]([C@@H](O)[C@@H]1O[C@](O)(C(=O)O)C[C@H](O)[C@H]1N=C(C)[O-])COC2=O.[Na+]. The van der Waals surface area contributed by atoms with Crippen LogP contribution in [0.25, 0.3) is 0 Å². The van der Waals surface area contributed by atoms with Crippen molar-refractivity contribution < 1.29 is 109 Å². The first-order valence-corrected chi connectivity index (χ1v) is 12.2. The molecule has 3 heterocycles. The summed E-state index contributed by atoms with van der Waals surface area (Å²) in [7, 11) is 0. The number of carbonyl (C=O) groups is 3. The van der Waals surface area contributed by atoms with Crippen LogP contribution in [-0.2, 0) is 33.3 Å². The summed E-state index contributed by atoms with van der Waals surface area (Å²) in [5.41, 5.74) is 0. The second-order valence-electron chi connectivity index (χ2n) is 9.90. The van der Waals surface area contributed by atoms with Gasteiger partial charge in [0.25, 0.3) is 11.6 Å². The summed E-state index contributed by atoms with van der Waals surface area (Å²) in [5, 5.41) is 95.9. The Morgan fingerprint density at radius 3 is 2.27 bits per heavy atom. The third-order valence-corrected chi connectivity index (χ3v) is 6.82. The molecule has 3 rings (SSSR count). The summed E-state index contributed by atoms with van der Waals surface area (Å²) in [5.74, 6) is -10.3. The number of cyclic esters (lactones) is 1. The molecule has 3 aliphatic rings. The van der Waals surface area contributed by atoms with E-state index in [0.29, 0.717) is 0 Å². The van der Waals surface area contributed by atoms with Gasteiger partial charge in [-0.3, -0.25) is 9.79 Å². The molecule has 0 aromatic rings. The molecule has 1 amide bonds. The van der Waals surface area contributed by atoms with Crippen molar-refractivity contribution in [2.45, 2.75) is 99.2 Å². The molecule has 3 fully saturated rings. The van der Waals surface area contributed by atoms with Crippen LogP contribution in [0.5, 0.6) is 0 Å². The largest absolute Gasteiger partial charge is 1.00 e. The predicted molar refractivity (Wildman–Crippen MR) is 122 cm³/mol. The first kappa shape index (κ1) is 35.7. The van der Waals surface area contributed by atoms with Crippen molar-refractivity contribution in [2.24, 2.45) is 4.99 Å². The van der Waals surface area contributed by atoms with Crippen LogP contribution in [0.2, 0.25) is 0 Å². The zero-order valence-corrected chi connectivity index (χ0v) is 24.4. The molecule has 12 atom stereocenters. The van der Waals surface area contributed by atoms with Gasteiger partial charge in [0, 0.05) is 19.8 Å². The number of aliphatic hydroxyl groups excluding tert-OH is 6. The van der Waals surface area contributed by atoms with E-state index in [1.165, 1.54) is 0 Å². The standard InChI is InChI=1S/C22H34N2O16.Na/c1-7(26)23-13-9(28)3-21(36,19(33)34)39-18(13)16(32)12-6-37-20(35)22(38-12)4-10(29)14(24-8(2)27)17(40-22)15(31)11(30)5-25;/h9-18,25,28-32,36H,3-6H2,1-2H3,(H,23,26)(H,24,27)(H,33,34);/q;+1/p-1/t9-,10-,11+,12+,13+,14+,15+,16+,17+,18+,21-,22+;/m0./s1. The summed E-state index contributed by atoms with van der Waals surface area (Å²) in [6.07, 6.45) is -16.4. The number of hydrogen-bond donors (Lipinski definition) is 9. The second kappa shape index (κ2) is 13.8. The van der Waals surface area contributed by atoms with Crippen molar-refractivity contribution in [3.63, 3.8) is 0 Å². The molecule has 228 valence electrons. The van der Waals surface area contributed by atoms with Gasteiger partial charge in [-0.2, -0.15) is 0 Å². The summed E-state index contributed by atoms with van der Waals surface area (Å²) in [6, 6.07) is -3.01. The summed E-state index contributed by atoms with van der Waals surface area (Å²) >= 11 is 0. The van der Waals surface area contributed by atoms with E-state index < -0.39 is 122 Å². The molecule has 19 heteroatoms. The Bertz CT molecular complexity index is 999. The van der Waals surface area contributed by atoms with Gasteiger partial charge in [0.05, 0.1) is 24.9 Å². The number of aliphatic hydroxyl groups is 7. The van der Waals surface area contributed by atoms with E-state index >= 15 is 0 Å². The first-order valence-electron chi connectivity index (χ1n) is 12.2. The fourth-order valence-corrected chi connectivity index (χ4v) is 4.91. The fraction of sp³-hybridized carbons (Fsp3) is 0.818. The van der Waals surface area contributed by atoms with Crippen molar-refractivity contribution in [1.29, 1.82) is 0 Å². The monoisotopic (exact) mass is 604 g/mol. The van der Waals surface area contributed by atoms with E-state index in [4.69, 9.17) is 18.9 Å². The van der Waals surface area contributed by atoms with Crippen LogP contribution in [0.1, 0.15) is 26.7 Å². The molecule has 18 nitrogen and oxygen atoms in total. The Morgan fingerprint density at radius 1 is 1.10 bits per heavy atom. The van der Waals surface area contributed by atoms with E-state index in [-0.39, 0.29) is 29.6 Å². The molecule has 0 bridgehead atoms. The van der Waals surface area contributed by atoms with Crippen LogP contribution >= 0.6 is 0 Å². The van der Waals surface area contributed by atoms with Gasteiger partial charge in [-0.1, -0.05) is 0 Å². The van der Waals surface area contributed by atoms with Gasteiger partial charge in [-0.25, -0.2) is 9.59 Å². The van der Waals surface area contributed by atoms with E-state index in [2.05, 4.69) is 10.3 Å². The molecule has 0 saturated carbocycles. The predicted octanol–water partition coefficient (Wildman–Crippen LogP) is -9.57. The van der Waals surface area contributed by atoms with Gasteiger partial charge in [0.15, 0.2) is 0 Å². The Hall–Kier alpha value is -1.52. The number of ether oxygens (including phenoxy) is 4. The average molecular weight is 604 g/mol. The Labute approximate surface area is 254 Å². The maximum atomic E-state index is 12.9. The molecule has 3 saturated heterocycles. The number of carboxylic acids is 1.